The molecular formula is C36H38N2. The van der Waals surface area contributed by atoms with E-state index in [1.807, 2.05) is 0 Å². The molecule has 0 spiro atoms. The van der Waals surface area contributed by atoms with E-state index in [9.17, 15) is 0 Å². The molecule has 0 unspecified atom stereocenters. The highest BCUT2D eigenvalue weighted by atomic mass is 15.1. The molecule has 5 aromatic carbocycles. The predicted octanol–water partition coefficient (Wildman–Crippen LogP) is 10.2. The Morgan fingerprint density at radius 1 is 0.395 bits per heavy atom. The standard InChI is InChI=1S/C21H21N.C15H17N/c1-16-8-7-11-20(14-16)22(19-9-5-4-6-10-19)21-15-17(2)12-13-18(21)3;1-12-6-4-8-14(10-12)16(3)15-9-5-7-13(2)11-15/h4-15H,1-3H3;4-11H,1-3H3. The van der Waals surface area contributed by atoms with Gasteiger partial charge in [-0.3, -0.25) is 0 Å². The van der Waals surface area contributed by atoms with Gasteiger partial charge in [0.15, 0.2) is 0 Å². The second-order valence-corrected chi connectivity index (χ2v) is 10.0. The summed E-state index contributed by atoms with van der Waals surface area (Å²) in [6.45, 7) is 10.7. The first kappa shape index (κ1) is 26.8. The highest BCUT2D eigenvalue weighted by Gasteiger charge is 2.14. The van der Waals surface area contributed by atoms with Crippen LogP contribution in [0.2, 0.25) is 0 Å². The molecule has 0 atom stereocenters. The van der Waals surface area contributed by atoms with E-state index < -0.39 is 0 Å². The third-order valence-corrected chi connectivity index (χ3v) is 6.66. The van der Waals surface area contributed by atoms with Crippen LogP contribution in [0.4, 0.5) is 28.4 Å². The summed E-state index contributed by atoms with van der Waals surface area (Å²) in [6.07, 6.45) is 0. The minimum atomic E-state index is 1.18. The van der Waals surface area contributed by atoms with Gasteiger partial charge in [0.2, 0.25) is 0 Å². The van der Waals surface area contributed by atoms with Crippen LogP contribution in [0.1, 0.15) is 27.8 Å². The molecule has 2 nitrogen and oxygen atoms in total. The summed E-state index contributed by atoms with van der Waals surface area (Å²) in [6, 6.07) is 42.9. The summed E-state index contributed by atoms with van der Waals surface area (Å²) in [5.74, 6) is 0. The van der Waals surface area contributed by atoms with Gasteiger partial charge >= 0.3 is 0 Å². The van der Waals surface area contributed by atoms with E-state index in [4.69, 9.17) is 0 Å². The molecule has 0 heterocycles. The van der Waals surface area contributed by atoms with Crippen LogP contribution in [-0.2, 0) is 0 Å². The predicted molar refractivity (Wildman–Crippen MR) is 166 cm³/mol. The van der Waals surface area contributed by atoms with E-state index in [0.29, 0.717) is 0 Å². The van der Waals surface area contributed by atoms with Crippen LogP contribution in [-0.4, -0.2) is 7.05 Å². The Morgan fingerprint density at radius 2 is 0.842 bits per heavy atom. The van der Waals surface area contributed by atoms with Crippen LogP contribution in [0.25, 0.3) is 0 Å². The second kappa shape index (κ2) is 12.3. The van der Waals surface area contributed by atoms with Gasteiger partial charge in [-0.15, -0.1) is 0 Å². The van der Waals surface area contributed by atoms with Gasteiger partial charge in [0.25, 0.3) is 0 Å². The first-order valence-corrected chi connectivity index (χ1v) is 13.2. The Kier molecular flexibility index (Phi) is 8.66. The molecule has 0 aliphatic carbocycles. The molecule has 0 fully saturated rings. The summed E-state index contributed by atoms with van der Waals surface area (Å²) >= 11 is 0. The maximum absolute atomic E-state index is 2.33. The number of hydrogen-bond donors (Lipinski definition) is 0. The fraction of sp³-hybridized carbons (Fsp3) is 0.167. The molecule has 0 saturated heterocycles. The van der Waals surface area contributed by atoms with Crippen molar-refractivity contribution in [3.63, 3.8) is 0 Å². The Balaban J connectivity index is 0.000000186. The number of nitrogens with zero attached hydrogens (tertiary/aromatic N) is 2. The summed E-state index contributed by atoms with van der Waals surface area (Å²) in [5.41, 5.74) is 12.5. The number of rotatable bonds is 5. The Labute approximate surface area is 228 Å². The van der Waals surface area contributed by atoms with Crippen molar-refractivity contribution >= 4 is 28.4 Å². The summed E-state index contributed by atoms with van der Waals surface area (Å²) < 4.78 is 0. The second-order valence-electron chi connectivity index (χ2n) is 10.0. The number of para-hydroxylation sites is 1. The minimum absolute atomic E-state index is 1.18. The van der Waals surface area contributed by atoms with Gasteiger partial charge in [-0.1, -0.05) is 66.7 Å². The zero-order chi connectivity index (χ0) is 27.1. The number of hydrogen-bond acceptors (Lipinski definition) is 2. The zero-order valence-corrected chi connectivity index (χ0v) is 23.4. The van der Waals surface area contributed by atoms with E-state index in [-0.39, 0.29) is 0 Å². The molecule has 0 N–H and O–H groups in total. The molecule has 0 saturated carbocycles. The first-order chi connectivity index (χ1) is 18.3. The van der Waals surface area contributed by atoms with Crippen molar-refractivity contribution in [3.05, 3.63) is 149 Å². The summed E-state index contributed by atoms with van der Waals surface area (Å²) in [7, 11) is 2.10. The molecule has 0 aromatic heterocycles. The van der Waals surface area contributed by atoms with Crippen LogP contribution < -0.4 is 9.80 Å². The molecule has 0 bridgehead atoms. The summed E-state index contributed by atoms with van der Waals surface area (Å²) in [4.78, 5) is 4.54. The van der Waals surface area contributed by atoms with Crippen molar-refractivity contribution in [2.75, 3.05) is 16.8 Å². The van der Waals surface area contributed by atoms with Crippen molar-refractivity contribution < 1.29 is 0 Å². The van der Waals surface area contributed by atoms with Crippen LogP contribution in [0.3, 0.4) is 0 Å². The molecular weight excluding hydrogens is 460 g/mol. The SMILES string of the molecule is Cc1cccc(N(C)c2cccc(C)c2)c1.Cc1cccc(N(c2ccccc2)c2cc(C)ccc2C)c1. The topological polar surface area (TPSA) is 6.48 Å². The van der Waals surface area contributed by atoms with E-state index in [1.165, 1.54) is 56.3 Å². The monoisotopic (exact) mass is 498 g/mol. The van der Waals surface area contributed by atoms with Crippen LogP contribution in [0, 0.1) is 34.6 Å². The van der Waals surface area contributed by atoms with Gasteiger partial charge in [0.05, 0.1) is 0 Å². The zero-order valence-electron chi connectivity index (χ0n) is 23.4. The molecule has 2 heteroatoms. The van der Waals surface area contributed by atoms with Gasteiger partial charge in [0, 0.05) is 35.5 Å². The Bertz CT molecular complexity index is 1440. The highest BCUT2D eigenvalue weighted by molar-refractivity contribution is 5.78. The van der Waals surface area contributed by atoms with Crippen molar-refractivity contribution in [2.45, 2.75) is 34.6 Å². The van der Waals surface area contributed by atoms with Gasteiger partial charge in [-0.05, 0) is 117 Å². The molecule has 5 aromatic rings. The average Bonchev–Trinajstić information content (AvgIpc) is 2.91. The molecule has 0 amide bonds. The maximum Gasteiger partial charge on any atom is 0.0493 e. The van der Waals surface area contributed by atoms with Crippen molar-refractivity contribution in [3.8, 4) is 0 Å². The molecule has 0 aliphatic heterocycles. The number of aryl methyl sites for hydroxylation is 5. The molecule has 192 valence electrons. The van der Waals surface area contributed by atoms with Crippen LogP contribution in [0.5, 0.6) is 0 Å². The smallest absolute Gasteiger partial charge is 0.0493 e. The van der Waals surface area contributed by atoms with E-state index in [1.54, 1.807) is 0 Å². The fourth-order valence-corrected chi connectivity index (χ4v) is 4.55. The normalized spacial score (nSPS) is 10.4. The van der Waals surface area contributed by atoms with Gasteiger partial charge in [0.1, 0.15) is 0 Å². The minimum Gasteiger partial charge on any atom is -0.345 e. The third kappa shape index (κ3) is 6.72. The van der Waals surface area contributed by atoms with E-state index >= 15 is 0 Å². The Morgan fingerprint density at radius 3 is 1.37 bits per heavy atom. The number of benzene rings is 5. The van der Waals surface area contributed by atoms with Crippen LogP contribution in [0.15, 0.2) is 121 Å². The van der Waals surface area contributed by atoms with Crippen molar-refractivity contribution in [2.24, 2.45) is 0 Å². The van der Waals surface area contributed by atoms with Gasteiger partial charge < -0.3 is 9.80 Å². The lowest BCUT2D eigenvalue weighted by Gasteiger charge is -2.27. The first-order valence-electron chi connectivity index (χ1n) is 13.2. The van der Waals surface area contributed by atoms with Gasteiger partial charge in [-0.25, -0.2) is 0 Å². The quantitative estimate of drug-likeness (QED) is 0.238. The lowest BCUT2D eigenvalue weighted by Crippen LogP contribution is -2.11. The Hall–Kier alpha value is -4.30. The maximum atomic E-state index is 2.33. The lowest BCUT2D eigenvalue weighted by molar-refractivity contribution is 1.19. The molecule has 38 heavy (non-hydrogen) atoms. The van der Waals surface area contributed by atoms with Crippen LogP contribution >= 0.6 is 0 Å². The molecule has 0 aliphatic rings. The third-order valence-electron chi connectivity index (χ3n) is 6.66. The van der Waals surface area contributed by atoms with E-state index in [0.717, 1.165) is 0 Å². The average molecular weight is 499 g/mol. The van der Waals surface area contributed by atoms with Crippen molar-refractivity contribution in [1.29, 1.82) is 0 Å². The van der Waals surface area contributed by atoms with E-state index in [2.05, 4.69) is 173 Å². The summed E-state index contributed by atoms with van der Waals surface area (Å²) in [5, 5.41) is 0. The molecule has 5 rings (SSSR count). The highest BCUT2D eigenvalue weighted by Crippen LogP contribution is 2.37. The van der Waals surface area contributed by atoms with Gasteiger partial charge in [-0.2, -0.15) is 0 Å². The van der Waals surface area contributed by atoms with Crippen molar-refractivity contribution in [1.82, 2.24) is 0 Å². The lowest BCUT2D eigenvalue weighted by atomic mass is 10.1. The molecule has 0 radical (unpaired) electrons. The largest absolute Gasteiger partial charge is 0.345 e. The number of anilines is 5. The fourth-order valence-electron chi connectivity index (χ4n) is 4.55.